The summed E-state index contributed by atoms with van der Waals surface area (Å²) < 4.78 is 10.8. The van der Waals surface area contributed by atoms with Crippen LogP contribution < -0.4 is 4.90 Å². The molecule has 11 nitrogen and oxygen atoms in total. The first-order valence-electron chi connectivity index (χ1n) is 27.6. The lowest BCUT2D eigenvalue weighted by Gasteiger charge is -2.39. The van der Waals surface area contributed by atoms with Crippen LogP contribution in [-0.4, -0.2) is 123 Å². The number of nitrogens with zero attached hydrogens (tertiary/aromatic N) is 4. The second-order valence-corrected chi connectivity index (χ2v) is 22.5. The molecular formula is C66H80N4O7S2. The van der Waals surface area contributed by atoms with Gasteiger partial charge in [0.05, 0.1) is 43.1 Å². The molecule has 0 aliphatic carbocycles. The number of likely N-dealkylation sites (N-methyl/N-ethyl adjacent to an activating group) is 1. The highest BCUT2D eigenvalue weighted by Gasteiger charge is 2.40. The molecule has 79 heavy (non-hydrogen) atoms. The van der Waals surface area contributed by atoms with E-state index in [4.69, 9.17) is 14.3 Å². The fraction of sp³-hybridized carbons (Fsp3) is 0.379. The molecule has 0 spiro atoms. The number of carbonyl (C=O) groups excluding carboxylic acids is 4. The fourth-order valence-corrected chi connectivity index (χ4v) is 10.7. The van der Waals surface area contributed by atoms with Crippen molar-refractivity contribution in [3.05, 3.63) is 191 Å². The zero-order valence-electron chi connectivity index (χ0n) is 47.6. The zero-order chi connectivity index (χ0) is 56.6. The molecule has 0 aromatic heterocycles. The smallest absolute Gasteiger partial charge is 0.365 e. The Labute approximate surface area is 478 Å². The normalized spacial score (nSPS) is 14.7. The maximum absolute atomic E-state index is 13.6. The molecule has 0 bridgehead atoms. The number of anilines is 1. The summed E-state index contributed by atoms with van der Waals surface area (Å²) in [6.45, 7) is 16.7. The Bertz CT molecular complexity index is 2850. The zero-order valence-corrected chi connectivity index (χ0v) is 49.2. The molecule has 2 saturated heterocycles. The third-order valence-corrected chi connectivity index (χ3v) is 16.3. The lowest BCUT2D eigenvalue weighted by Crippen LogP contribution is -2.54. The molecule has 2 fully saturated rings. The van der Waals surface area contributed by atoms with Gasteiger partial charge >= 0.3 is 5.97 Å². The molecule has 13 heteroatoms. The molecule has 8 rings (SSSR count). The number of Topliss-reactive ketones (excluding diaryl/α,β-unsaturated/α-hetero) is 3. The highest BCUT2D eigenvalue weighted by atomic mass is 32.2. The monoisotopic (exact) mass is 1100 g/mol. The number of benzene rings is 6. The molecule has 1 unspecified atom stereocenters. The third kappa shape index (κ3) is 18.2. The van der Waals surface area contributed by atoms with Gasteiger partial charge in [-0.3, -0.25) is 24.2 Å². The molecule has 0 amide bonds. The van der Waals surface area contributed by atoms with Crippen LogP contribution >= 0.6 is 23.5 Å². The van der Waals surface area contributed by atoms with Gasteiger partial charge in [0.2, 0.25) is 5.78 Å². The van der Waals surface area contributed by atoms with E-state index in [0.29, 0.717) is 37.2 Å². The average Bonchev–Trinajstić information content (AvgIpc) is 3.52. The van der Waals surface area contributed by atoms with E-state index in [1.807, 2.05) is 119 Å². The summed E-state index contributed by atoms with van der Waals surface area (Å²) in [7, 11) is 4.02. The Morgan fingerprint density at radius 2 is 1.14 bits per heavy atom. The molecule has 418 valence electrons. The third-order valence-electron chi connectivity index (χ3n) is 14.6. The van der Waals surface area contributed by atoms with Gasteiger partial charge in [0.1, 0.15) is 5.71 Å². The predicted molar refractivity (Wildman–Crippen MR) is 324 cm³/mol. The number of hydrogen-bond acceptors (Lipinski definition) is 13. The number of aryl methyl sites for hydroxylation is 1. The minimum Gasteiger partial charge on any atom is -0.379 e. The van der Waals surface area contributed by atoms with E-state index < -0.39 is 17.0 Å². The molecule has 2 aliphatic rings. The van der Waals surface area contributed by atoms with Crippen LogP contribution in [0, 0.1) is 6.92 Å². The lowest BCUT2D eigenvalue weighted by molar-refractivity contribution is -0.00430. The van der Waals surface area contributed by atoms with E-state index >= 15 is 0 Å². The highest BCUT2D eigenvalue weighted by Crippen LogP contribution is 2.31. The number of hydrogen-bond donors (Lipinski definition) is 0. The lowest BCUT2D eigenvalue weighted by atomic mass is 9.80. The Morgan fingerprint density at radius 3 is 1.71 bits per heavy atom. The minimum atomic E-state index is -0.570. The number of unbranched alkanes of at least 4 members (excludes halogenated alkanes) is 3. The molecule has 0 saturated carbocycles. The van der Waals surface area contributed by atoms with E-state index in [2.05, 4.69) is 77.0 Å². The fourth-order valence-electron chi connectivity index (χ4n) is 9.47. The molecule has 2 heterocycles. The van der Waals surface area contributed by atoms with Gasteiger partial charge in [-0.1, -0.05) is 128 Å². The number of morpholine rings is 2. The molecule has 6 aromatic rings. The summed E-state index contributed by atoms with van der Waals surface area (Å²) >= 11 is 3.32. The topological polar surface area (TPSA) is 118 Å². The Balaban J connectivity index is 0.000000197. The van der Waals surface area contributed by atoms with Gasteiger partial charge in [-0.25, -0.2) is 4.79 Å². The van der Waals surface area contributed by atoms with E-state index in [9.17, 15) is 19.2 Å². The number of oxime groups is 1. The molecule has 2 aliphatic heterocycles. The Morgan fingerprint density at radius 1 is 0.608 bits per heavy atom. The molecular weight excluding hydrogens is 1020 g/mol. The van der Waals surface area contributed by atoms with Crippen molar-refractivity contribution in [2.24, 2.45) is 5.16 Å². The van der Waals surface area contributed by atoms with Crippen LogP contribution in [0.2, 0.25) is 0 Å². The summed E-state index contributed by atoms with van der Waals surface area (Å²) in [5.74, 6) is -0.408. The quantitative estimate of drug-likeness (QED) is 0.0161. The van der Waals surface area contributed by atoms with Crippen molar-refractivity contribution >= 4 is 58.2 Å². The van der Waals surface area contributed by atoms with Gasteiger partial charge in [0, 0.05) is 63.2 Å². The van der Waals surface area contributed by atoms with Crippen LogP contribution in [0.4, 0.5) is 5.69 Å². The van der Waals surface area contributed by atoms with Gasteiger partial charge in [-0.05, 0) is 157 Å². The van der Waals surface area contributed by atoms with E-state index in [0.717, 1.165) is 98.1 Å². The van der Waals surface area contributed by atoms with Crippen molar-refractivity contribution in [1.29, 1.82) is 0 Å². The standard InChI is InChI=1S/C27H27NO3S.C24H32N2O2.C15H21NO2S/c1-2-3-4-11-16-25(28-31-27(30)22-12-7-5-8-13-22)26(29)21-17-19-24(20-18-21)32-23-14-9-6-10-15-23;1-5-24(25(3)4,18-20-8-6-19(2)7-9-20)23(27)21-10-12-22(13-11-21)26-14-16-28-17-15-26;1-15(2,16-8-10-18-11-9-16)14(17)12-4-6-13(19-3)7-5-12/h5-10,12-15,17-20H,2-4,11,16H2,1H3;6-13H,5,14-18H2,1-4H3;4-7H,8-11H2,1-3H3/b28-25-;;. The predicted octanol–water partition coefficient (Wildman–Crippen LogP) is 13.9. The number of rotatable bonds is 22. The van der Waals surface area contributed by atoms with Gasteiger partial charge in [0.25, 0.3) is 0 Å². The summed E-state index contributed by atoms with van der Waals surface area (Å²) in [6, 6.07) is 50.7. The largest absolute Gasteiger partial charge is 0.379 e. The van der Waals surface area contributed by atoms with Gasteiger partial charge in [-0.2, -0.15) is 0 Å². The molecule has 6 aromatic carbocycles. The van der Waals surface area contributed by atoms with Crippen LogP contribution in [-0.2, 0) is 20.7 Å². The summed E-state index contributed by atoms with van der Waals surface area (Å²) in [4.78, 5) is 66.7. The van der Waals surface area contributed by atoms with Crippen LogP contribution in [0.15, 0.2) is 178 Å². The molecule has 1 atom stereocenters. The van der Waals surface area contributed by atoms with Crippen molar-refractivity contribution in [2.45, 2.75) is 105 Å². The van der Waals surface area contributed by atoms with Gasteiger partial charge in [-0.15, -0.1) is 11.8 Å². The SMILES string of the molecule is CCC(Cc1ccc(C)cc1)(C(=O)c1ccc(N2CCOCC2)cc1)N(C)C.CCCCCC/C(=N/OC(=O)c1ccccc1)C(=O)c1ccc(Sc2ccccc2)cc1.CSc1ccc(C(=O)C(C)(C)N2CCOCC2)cc1. The first kappa shape index (κ1) is 62.0. The Hall–Kier alpha value is -6.19. The van der Waals surface area contributed by atoms with Crippen LogP contribution in [0.3, 0.4) is 0 Å². The Kier molecular flexibility index (Phi) is 24.8. The molecule has 0 radical (unpaired) electrons. The van der Waals surface area contributed by atoms with Gasteiger partial charge < -0.3 is 19.2 Å². The maximum atomic E-state index is 13.6. The van der Waals surface area contributed by atoms with E-state index in [1.54, 1.807) is 59.9 Å². The second-order valence-electron chi connectivity index (χ2n) is 20.5. The number of ketones is 3. The van der Waals surface area contributed by atoms with Crippen molar-refractivity contribution in [3.8, 4) is 0 Å². The van der Waals surface area contributed by atoms with Crippen molar-refractivity contribution in [1.82, 2.24) is 9.80 Å². The number of thioether (sulfide) groups is 1. The van der Waals surface area contributed by atoms with Crippen LogP contribution in [0.5, 0.6) is 0 Å². The number of ether oxygens (including phenoxy) is 2. The van der Waals surface area contributed by atoms with Crippen LogP contribution in [0.1, 0.15) is 119 Å². The summed E-state index contributed by atoms with van der Waals surface area (Å²) in [6.07, 6.45) is 8.00. The van der Waals surface area contributed by atoms with Crippen molar-refractivity contribution in [2.75, 3.05) is 77.9 Å². The van der Waals surface area contributed by atoms with Crippen molar-refractivity contribution < 1.29 is 33.5 Å². The summed E-state index contributed by atoms with van der Waals surface area (Å²) in [5, 5.41) is 3.98. The first-order chi connectivity index (χ1) is 38.2. The highest BCUT2D eigenvalue weighted by molar-refractivity contribution is 7.99. The minimum absolute atomic E-state index is 0.182. The van der Waals surface area contributed by atoms with E-state index in [-0.39, 0.29) is 23.1 Å². The second kappa shape index (κ2) is 31.6. The van der Waals surface area contributed by atoms with E-state index in [1.165, 1.54) is 16.0 Å². The van der Waals surface area contributed by atoms with Gasteiger partial charge in [0.15, 0.2) is 11.6 Å². The maximum Gasteiger partial charge on any atom is 0.365 e. The van der Waals surface area contributed by atoms with Crippen LogP contribution in [0.25, 0.3) is 0 Å². The molecule has 0 N–H and O–H groups in total. The average molecular weight is 1110 g/mol. The number of carbonyl (C=O) groups is 4. The van der Waals surface area contributed by atoms with Crippen molar-refractivity contribution in [3.63, 3.8) is 0 Å². The summed E-state index contributed by atoms with van der Waals surface area (Å²) in [5.41, 5.74) is 5.34. The first-order valence-corrected chi connectivity index (χ1v) is 29.7.